The Morgan fingerprint density at radius 3 is 2.60 bits per heavy atom. The van der Waals surface area contributed by atoms with Crippen LogP contribution in [0.3, 0.4) is 0 Å². The third kappa shape index (κ3) is 2.09. The second-order valence-corrected chi connectivity index (χ2v) is 5.59. The number of H-pyrrole nitrogens is 1. The molecule has 0 amide bonds. The van der Waals surface area contributed by atoms with E-state index < -0.39 is 5.69 Å². The number of benzene rings is 1. The molecule has 0 bridgehead atoms. The first-order valence-electron chi connectivity index (χ1n) is 5.39. The fourth-order valence-corrected chi connectivity index (χ4v) is 2.88. The summed E-state index contributed by atoms with van der Waals surface area (Å²) >= 11 is 24.1. The second kappa shape index (κ2) is 4.97. The van der Waals surface area contributed by atoms with Crippen molar-refractivity contribution >= 4 is 52.1 Å². The maximum Gasteiger partial charge on any atom is 0.333 e. The maximum atomic E-state index is 12.0. The Bertz CT molecular complexity index is 884. The van der Waals surface area contributed by atoms with E-state index in [0.29, 0.717) is 21.3 Å². The number of aromatic nitrogens is 3. The zero-order chi connectivity index (χ0) is 14.4. The lowest BCUT2D eigenvalue weighted by molar-refractivity contribution is 1.01. The summed E-state index contributed by atoms with van der Waals surface area (Å²) in [6, 6.07) is 4.89. The Kier molecular flexibility index (Phi) is 3.42. The summed E-state index contributed by atoms with van der Waals surface area (Å²) in [5, 5.41) is 1.29. The van der Waals surface area contributed by atoms with Gasteiger partial charge in [-0.2, -0.15) is 0 Å². The molecule has 0 saturated carbocycles. The van der Waals surface area contributed by atoms with Crippen LogP contribution in [0.15, 0.2) is 29.2 Å². The molecule has 3 rings (SSSR count). The largest absolute Gasteiger partial charge is 0.333 e. The standard InChI is InChI=1S/C12H5Cl4N3O/c13-5-1-2-6(7(14)3-5)10-9(16)11-17-4-8(15)19(11)12(20)18-10/h1-4H,(H,18,20). The minimum absolute atomic E-state index is 0.178. The third-order valence-electron chi connectivity index (χ3n) is 2.77. The molecule has 0 spiro atoms. The molecule has 1 N–H and O–H groups in total. The van der Waals surface area contributed by atoms with Gasteiger partial charge in [-0.05, 0) is 18.2 Å². The molecular formula is C12H5Cl4N3O. The zero-order valence-electron chi connectivity index (χ0n) is 9.62. The van der Waals surface area contributed by atoms with Crippen molar-refractivity contribution < 1.29 is 0 Å². The number of rotatable bonds is 1. The number of imidazole rings is 1. The third-order valence-corrected chi connectivity index (χ3v) is 3.94. The summed E-state index contributed by atoms with van der Waals surface area (Å²) in [6.45, 7) is 0. The molecule has 0 aliphatic carbocycles. The Morgan fingerprint density at radius 2 is 1.90 bits per heavy atom. The van der Waals surface area contributed by atoms with E-state index in [9.17, 15) is 4.79 Å². The smallest absolute Gasteiger partial charge is 0.305 e. The van der Waals surface area contributed by atoms with Crippen molar-refractivity contribution in [2.45, 2.75) is 0 Å². The van der Waals surface area contributed by atoms with Gasteiger partial charge in [0, 0.05) is 10.6 Å². The molecule has 20 heavy (non-hydrogen) atoms. The highest BCUT2D eigenvalue weighted by molar-refractivity contribution is 6.39. The normalized spacial score (nSPS) is 11.2. The van der Waals surface area contributed by atoms with Crippen LogP contribution in [0.1, 0.15) is 0 Å². The number of nitrogens with one attached hydrogen (secondary N) is 1. The van der Waals surface area contributed by atoms with Gasteiger partial charge < -0.3 is 4.98 Å². The van der Waals surface area contributed by atoms with Gasteiger partial charge in [-0.25, -0.2) is 14.2 Å². The van der Waals surface area contributed by atoms with Crippen LogP contribution in [0.4, 0.5) is 0 Å². The fraction of sp³-hybridized carbons (Fsp3) is 0. The predicted molar refractivity (Wildman–Crippen MR) is 81.3 cm³/mol. The van der Waals surface area contributed by atoms with Gasteiger partial charge in [-0.3, -0.25) is 0 Å². The van der Waals surface area contributed by atoms with Gasteiger partial charge in [0.1, 0.15) is 10.2 Å². The van der Waals surface area contributed by atoms with Crippen LogP contribution in [-0.4, -0.2) is 14.4 Å². The number of aromatic amines is 1. The Balaban J connectivity index is 2.37. The predicted octanol–water partition coefficient (Wildman–Crippen LogP) is 4.30. The van der Waals surface area contributed by atoms with E-state index in [0.717, 1.165) is 0 Å². The molecule has 3 aromatic rings. The van der Waals surface area contributed by atoms with Crippen LogP contribution in [0.2, 0.25) is 20.2 Å². The van der Waals surface area contributed by atoms with E-state index in [1.807, 2.05) is 0 Å². The van der Waals surface area contributed by atoms with Crippen LogP contribution in [0, 0.1) is 0 Å². The van der Waals surface area contributed by atoms with E-state index >= 15 is 0 Å². The molecule has 2 heterocycles. The van der Waals surface area contributed by atoms with Crippen LogP contribution in [0.25, 0.3) is 16.9 Å². The molecule has 0 aliphatic heterocycles. The van der Waals surface area contributed by atoms with Crippen molar-refractivity contribution in [3.05, 3.63) is 55.1 Å². The molecule has 0 atom stereocenters. The Morgan fingerprint density at radius 1 is 1.15 bits per heavy atom. The van der Waals surface area contributed by atoms with Crippen molar-refractivity contribution in [2.24, 2.45) is 0 Å². The number of fused-ring (bicyclic) bond motifs is 1. The molecule has 0 aliphatic rings. The van der Waals surface area contributed by atoms with E-state index in [4.69, 9.17) is 46.4 Å². The van der Waals surface area contributed by atoms with E-state index in [2.05, 4.69) is 9.97 Å². The molecule has 102 valence electrons. The van der Waals surface area contributed by atoms with Crippen LogP contribution < -0.4 is 5.69 Å². The summed E-state index contributed by atoms with van der Waals surface area (Å²) in [4.78, 5) is 18.7. The van der Waals surface area contributed by atoms with E-state index in [-0.39, 0.29) is 15.8 Å². The minimum Gasteiger partial charge on any atom is -0.305 e. The highest BCUT2D eigenvalue weighted by Crippen LogP contribution is 2.34. The van der Waals surface area contributed by atoms with Gasteiger partial charge in [0.05, 0.1) is 16.9 Å². The zero-order valence-corrected chi connectivity index (χ0v) is 12.6. The van der Waals surface area contributed by atoms with Gasteiger partial charge in [0.25, 0.3) is 0 Å². The van der Waals surface area contributed by atoms with Crippen LogP contribution in [-0.2, 0) is 0 Å². The molecular weight excluding hydrogens is 344 g/mol. The molecule has 8 heteroatoms. The Hall–Kier alpha value is -1.20. The average Bonchev–Trinajstić information content (AvgIpc) is 2.77. The van der Waals surface area contributed by atoms with Gasteiger partial charge >= 0.3 is 5.69 Å². The Labute approximate surface area is 132 Å². The van der Waals surface area contributed by atoms with Gasteiger partial charge in [0.15, 0.2) is 5.65 Å². The van der Waals surface area contributed by atoms with Crippen LogP contribution >= 0.6 is 46.4 Å². The van der Waals surface area contributed by atoms with Crippen molar-refractivity contribution in [3.63, 3.8) is 0 Å². The number of halogens is 4. The summed E-state index contributed by atoms with van der Waals surface area (Å²) in [5.41, 5.74) is 0.738. The first-order chi connectivity index (χ1) is 9.49. The number of hydrogen-bond donors (Lipinski definition) is 1. The van der Waals surface area contributed by atoms with Gasteiger partial charge in [0.2, 0.25) is 0 Å². The maximum absolute atomic E-state index is 12.0. The fourth-order valence-electron chi connectivity index (χ4n) is 1.89. The van der Waals surface area contributed by atoms with Gasteiger partial charge in [-0.1, -0.05) is 46.4 Å². The summed E-state index contributed by atoms with van der Waals surface area (Å²) < 4.78 is 1.18. The van der Waals surface area contributed by atoms with Crippen molar-refractivity contribution in [1.29, 1.82) is 0 Å². The number of hydrogen-bond acceptors (Lipinski definition) is 2. The molecule has 0 fully saturated rings. The highest BCUT2D eigenvalue weighted by atomic mass is 35.5. The monoisotopic (exact) mass is 347 g/mol. The molecule has 2 aromatic heterocycles. The van der Waals surface area contributed by atoms with Crippen LogP contribution in [0.5, 0.6) is 0 Å². The van der Waals surface area contributed by atoms with Crippen molar-refractivity contribution in [1.82, 2.24) is 14.4 Å². The van der Waals surface area contributed by atoms with Crippen molar-refractivity contribution in [2.75, 3.05) is 0 Å². The lowest BCUT2D eigenvalue weighted by atomic mass is 10.1. The molecule has 1 aromatic carbocycles. The first-order valence-corrected chi connectivity index (χ1v) is 6.90. The lowest BCUT2D eigenvalue weighted by Crippen LogP contribution is -2.17. The lowest BCUT2D eigenvalue weighted by Gasteiger charge is -2.08. The molecule has 4 nitrogen and oxygen atoms in total. The van der Waals surface area contributed by atoms with Gasteiger partial charge in [-0.15, -0.1) is 0 Å². The molecule has 0 saturated heterocycles. The van der Waals surface area contributed by atoms with Crippen molar-refractivity contribution in [3.8, 4) is 11.3 Å². The highest BCUT2D eigenvalue weighted by Gasteiger charge is 2.16. The summed E-state index contributed by atoms with van der Waals surface area (Å²) in [5.74, 6) is 0. The second-order valence-electron chi connectivity index (χ2n) is 3.98. The number of nitrogens with zero attached hydrogens (tertiary/aromatic N) is 2. The minimum atomic E-state index is -0.451. The molecule has 0 radical (unpaired) electrons. The average molecular weight is 349 g/mol. The quantitative estimate of drug-likeness (QED) is 0.712. The first kappa shape index (κ1) is 13.8. The SMILES string of the molecule is O=c1[nH]c(-c2ccc(Cl)cc2Cl)c(Cl)c2ncc(Cl)n12. The van der Waals surface area contributed by atoms with E-state index in [1.54, 1.807) is 18.2 Å². The van der Waals surface area contributed by atoms with E-state index in [1.165, 1.54) is 10.6 Å². The summed E-state index contributed by atoms with van der Waals surface area (Å²) in [6.07, 6.45) is 1.35. The molecule has 0 unspecified atom stereocenters. The topological polar surface area (TPSA) is 50.2 Å². The summed E-state index contributed by atoms with van der Waals surface area (Å²) in [7, 11) is 0.